The number of hydrogen-bond acceptors (Lipinski definition) is 4. The first kappa shape index (κ1) is 19.5. The Kier molecular flexibility index (Phi) is 5.56. The SMILES string of the molecule is CC1C=NC(c2cc(C(=O)N3CCC(CF)CC3)nn2-c2cccnc2)=CC1C. The minimum atomic E-state index is -0.315. The largest absolute Gasteiger partial charge is 0.337 e. The van der Waals surface area contributed by atoms with Crippen LogP contribution in [0, 0.1) is 17.8 Å². The van der Waals surface area contributed by atoms with Gasteiger partial charge in [0.05, 0.1) is 29.9 Å². The minimum absolute atomic E-state index is 0.0628. The average Bonchev–Trinajstić information content (AvgIpc) is 3.21. The molecule has 0 spiro atoms. The third kappa shape index (κ3) is 3.99. The van der Waals surface area contributed by atoms with Crippen LogP contribution in [0.3, 0.4) is 0 Å². The van der Waals surface area contributed by atoms with Crippen LogP contribution in [0.4, 0.5) is 4.39 Å². The second-order valence-corrected chi connectivity index (χ2v) is 7.98. The molecule has 2 aliphatic heterocycles. The van der Waals surface area contributed by atoms with Crippen LogP contribution in [0.15, 0.2) is 41.7 Å². The maximum Gasteiger partial charge on any atom is 0.274 e. The van der Waals surface area contributed by atoms with E-state index in [0.717, 1.165) is 17.1 Å². The molecule has 7 heteroatoms. The fourth-order valence-electron chi connectivity index (χ4n) is 3.73. The summed E-state index contributed by atoms with van der Waals surface area (Å²) in [5.74, 6) is 0.658. The summed E-state index contributed by atoms with van der Waals surface area (Å²) in [5, 5.41) is 4.61. The average molecular weight is 395 g/mol. The number of rotatable bonds is 4. The molecule has 0 radical (unpaired) electrons. The summed E-state index contributed by atoms with van der Waals surface area (Å²) >= 11 is 0. The second-order valence-electron chi connectivity index (χ2n) is 7.98. The van der Waals surface area contributed by atoms with Gasteiger partial charge in [-0.2, -0.15) is 5.10 Å². The predicted molar refractivity (Wildman–Crippen MR) is 111 cm³/mol. The molecule has 2 aromatic heterocycles. The molecule has 4 heterocycles. The van der Waals surface area contributed by atoms with Gasteiger partial charge in [0.15, 0.2) is 5.69 Å². The van der Waals surface area contributed by atoms with Crippen molar-refractivity contribution in [2.75, 3.05) is 19.8 Å². The van der Waals surface area contributed by atoms with E-state index in [1.54, 1.807) is 22.0 Å². The highest BCUT2D eigenvalue weighted by atomic mass is 19.1. The van der Waals surface area contributed by atoms with Crippen molar-refractivity contribution >= 4 is 17.8 Å². The number of hydrogen-bond donors (Lipinski definition) is 0. The lowest BCUT2D eigenvalue weighted by molar-refractivity contribution is 0.0671. The Labute approximate surface area is 170 Å². The van der Waals surface area contributed by atoms with E-state index in [1.165, 1.54) is 0 Å². The number of halogens is 1. The molecule has 0 aromatic carbocycles. The van der Waals surface area contributed by atoms with E-state index in [9.17, 15) is 9.18 Å². The lowest BCUT2D eigenvalue weighted by Gasteiger charge is -2.30. The summed E-state index contributed by atoms with van der Waals surface area (Å²) in [6, 6.07) is 5.55. The first-order chi connectivity index (χ1) is 14.1. The van der Waals surface area contributed by atoms with Crippen LogP contribution in [-0.4, -0.2) is 51.6 Å². The van der Waals surface area contributed by atoms with Crippen LogP contribution >= 0.6 is 0 Å². The number of carbonyl (C=O) groups is 1. The van der Waals surface area contributed by atoms with Gasteiger partial charge in [-0.1, -0.05) is 19.9 Å². The van der Waals surface area contributed by atoms with Crippen LogP contribution in [0.5, 0.6) is 0 Å². The summed E-state index contributed by atoms with van der Waals surface area (Å²) in [5.41, 5.74) is 2.74. The number of allylic oxidation sites excluding steroid dienone is 1. The molecular weight excluding hydrogens is 369 g/mol. The van der Waals surface area contributed by atoms with Crippen LogP contribution < -0.4 is 0 Å². The number of likely N-dealkylation sites (tertiary alicyclic amines) is 1. The number of alkyl halides is 1. The van der Waals surface area contributed by atoms with E-state index >= 15 is 0 Å². The van der Waals surface area contributed by atoms with Crippen molar-refractivity contribution < 1.29 is 9.18 Å². The molecule has 2 aromatic rings. The van der Waals surface area contributed by atoms with Crippen LogP contribution in [0.25, 0.3) is 11.4 Å². The number of carbonyl (C=O) groups excluding carboxylic acids is 1. The van der Waals surface area contributed by atoms with Gasteiger partial charge in [0, 0.05) is 25.5 Å². The smallest absolute Gasteiger partial charge is 0.274 e. The van der Waals surface area contributed by atoms with Gasteiger partial charge in [-0.25, -0.2) is 4.68 Å². The molecule has 0 aliphatic carbocycles. The molecule has 1 amide bonds. The standard InChI is InChI=1S/C22H26FN5O/c1-15-10-19(25-13-16(15)2)21-11-20(26-28(21)18-4-3-7-24-14-18)22(29)27-8-5-17(12-23)6-9-27/h3-4,7,10-11,13-17H,5-6,8-9,12H2,1-2H3. The second kappa shape index (κ2) is 8.27. The normalized spacial score (nSPS) is 22.6. The van der Waals surface area contributed by atoms with Gasteiger partial charge in [0.25, 0.3) is 5.91 Å². The Morgan fingerprint density at radius 2 is 2.03 bits per heavy atom. The van der Waals surface area contributed by atoms with Crippen molar-refractivity contribution in [1.29, 1.82) is 0 Å². The van der Waals surface area contributed by atoms with E-state index < -0.39 is 0 Å². The monoisotopic (exact) mass is 395 g/mol. The number of amides is 1. The van der Waals surface area contributed by atoms with Crippen molar-refractivity contribution in [1.82, 2.24) is 19.7 Å². The van der Waals surface area contributed by atoms with E-state index in [4.69, 9.17) is 0 Å². The molecule has 6 nitrogen and oxygen atoms in total. The Morgan fingerprint density at radius 1 is 1.24 bits per heavy atom. The Bertz CT molecular complexity index is 928. The van der Waals surface area contributed by atoms with Crippen LogP contribution in [0.1, 0.15) is 42.9 Å². The molecular formula is C22H26FN5O. The quantitative estimate of drug-likeness (QED) is 0.791. The fourth-order valence-corrected chi connectivity index (χ4v) is 3.73. The number of aromatic nitrogens is 3. The highest BCUT2D eigenvalue weighted by Gasteiger charge is 2.27. The number of piperidine rings is 1. The van der Waals surface area contributed by atoms with E-state index in [0.29, 0.717) is 43.5 Å². The van der Waals surface area contributed by atoms with Gasteiger partial charge in [-0.05, 0) is 48.8 Å². The zero-order valence-electron chi connectivity index (χ0n) is 16.8. The maximum atomic E-state index is 13.1. The molecule has 2 aliphatic rings. The van der Waals surface area contributed by atoms with Gasteiger partial charge in [-0.3, -0.25) is 19.2 Å². The highest BCUT2D eigenvalue weighted by Crippen LogP contribution is 2.28. The summed E-state index contributed by atoms with van der Waals surface area (Å²) < 4.78 is 14.6. The third-order valence-electron chi connectivity index (χ3n) is 5.90. The van der Waals surface area contributed by atoms with Gasteiger partial charge in [0.1, 0.15) is 0 Å². The van der Waals surface area contributed by atoms with Crippen molar-refractivity contribution in [3.63, 3.8) is 0 Å². The topological polar surface area (TPSA) is 63.4 Å². The summed E-state index contributed by atoms with van der Waals surface area (Å²) in [7, 11) is 0. The zero-order valence-corrected chi connectivity index (χ0v) is 16.8. The van der Waals surface area contributed by atoms with E-state index in [-0.39, 0.29) is 18.5 Å². The molecule has 0 saturated carbocycles. The van der Waals surface area contributed by atoms with Gasteiger partial charge in [0.2, 0.25) is 0 Å². The zero-order chi connectivity index (χ0) is 20.4. The lowest BCUT2D eigenvalue weighted by Crippen LogP contribution is -2.39. The third-order valence-corrected chi connectivity index (χ3v) is 5.90. The molecule has 0 N–H and O–H groups in total. The molecule has 0 bridgehead atoms. The van der Waals surface area contributed by atoms with Gasteiger partial charge in [-0.15, -0.1) is 0 Å². The molecule has 2 unspecified atom stereocenters. The van der Waals surface area contributed by atoms with E-state index in [2.05, 4.69) is 35.0 Å². The molecule has 29 heavy (non-hydrogen) atoms. The van der Waals surface area contributed by atoms with E-state index in [1.807, 2.05) is 24.4 Å². The van der Waals surface area contributed by atoms with Crippen molar-refractivity contribution in [2.45, 2.75) is 26.7 Å². The highest BCUT2D eigenvalue weighted by molar-refractivity contribution is 5.93. The molecule has 152 valence electrons. The molecule has 1 saturated heterocycles. The molecule has 2 atom stereocenters. The van der Waals surface area contributed by atoms with Gasteiger partial charge >= 0.3 is 0 Å². The number of nitrogens with zero attached hydrogens (tertiary/aromatic N) is 5. The minimum Gasteiger partial charge on any atom is -0.337 e. The molecule has 4 rings (SSSR count). The summed E-state index contributed by atoms with van der Waals surface area (Å²) in [6.07, 6.45) is 8.89. The van der Waals surface area contributed by atoms with Crippen molar-refractivity contribution in [3.05, 3.63) is 48.1 Å². The summed E-state index contributed by atoms with van der Waals surface area (Å²) in [6.45, 7) is 5.11. The first-order valence-corrected chi connectivity index (χ1v) is 10.2. The lowest BCUT2D eigenvalue weighted by atomic mass is 9.93. The Balaban J connectivity index is 1.68. The Hall–Kier alpha value is -2.83. The van der Waals surface area contributed by atoms with Crippen molar-refractivity contribution in [3.8, 4) is 5.69 Å². The molecule has 1 fully saturated rings. The van der Waals surface area contributed by atoms with Crippen LogP contribution in [-0.2, 0) is 0 Å². The Morgan fingerprint density at radius 3 is 2.69 bits per heavy atom. The summed E-state index contributed by atoms with van der Waals surface area (Å²) in [4.78, 5) is 23.6. The maximum absolute atomic E-state index is 13.1. The van der Waals surface area contributed by atoms with Crippen LogP contribution in [0.2, 0.25) is 0 Å². The predicted octanol–water partition coefficient (Wildman–Crippen LogP) is 3.79. The van der Waals surface area contributed by atoms with Crippen molar-refractivity contribution in [2.24, 2.45) is 22.7 Å². The fraction of sp³-hybridized carbons (Fsp3) is 0.455. The number of aliphatic imine (C=N–C) groups is 1. The first-order valence-electron chi connectivity index (χ1n) is 10.2. The number of pyridine rings is 1. The van der Waals surface area contributed by atoms with Gasteiger partial charge < -0.3 is 4.90 Å².